The van der Waals surface area contributed by atoms with Crippen LogP contribution in [-0.4, -0.2) is 18.1 Å². The van der Waals surface area contributed by atoms with Gasteiger partial charge in [-0.15, -0.1) is 17.0 Å². The molecule has 0 aromatic carbocycles. The third kappa shape index (κ3) is 12.7. The Kier molecular flexibility index (Phi) is 14.3. The number of rotatable bonds is 10. The fourth-order valence-corrected chi connectivity index (χ4v) is 1.90. The summed E-state index contributed by atoms with van der Waals surface area (Å²) in [4.78, 5) is 9.22. The van der Waals surface area contributed by atoms with E-state index < -0.39 is 7.82 Å². The molecule has 0 atom stereocenters. The van der Waals surface area contributed by atoms with E-state index in [1.54, 1.807) is 0 Å². The number of hydrogen-bond acceptors (Lipinski definition) is 3. The zero-order valence-electron chi connectivity index (χ0n) is 10.2. The van der Waals surface area contributed by atoms with Crippen LogP contribution < -0.4 is 0 Å². The highest BCUT2D eigenvalue weighted by molar-refractivity contribution is 8.93. The van der Waals surface area contributed by atoms with Gasteiger partial charge in [0.05, 0.1) is 13.2 Å². The Morgan fingerprint density at radius 1 is 0.938 bits per heavy atom. The molecule has 0 aliphatic heterocycles. The highest BCUT2D eigenvalue weighted by atomic mass is 79.9. The zero-order valence-corrected chi connectivity index (χ0v) is 12.8. The quantitative estimate of drug-likeness (QED) is 0.487. The van der Waals surface area contributed by atoms with E-state index in [1.165, 1.54) is 0 Å². The molecule has 0 aromatic rings. The molecule has 16 heavy (non-hydrogen) atoms. The van der Waals surface area contributed by atoms with E-state index in [0.717, 1.165) is 38.5 Å². The summed E-state index contributed by atoms with van der Waals surface area (Å²) in [5.74, 6) is 0. The van der Waals surface area contributed by atoms with Crippen LogP contribution in [0.5, 0.6) is 0 Å². The summed E-state index contributed by atoms with van der Waals surface area (Å²) >= 11 is 0. The molecule has 0 radical (unpaired) electrons. The Balaban J connectivity index is 0. The van der Waals surface area contributed by atoms with Crippen LogP contribution in [0.4, 0.5) is 0 Å². The van der Waals surface area contributed by atoms with Crippen LogP contribution in [-0.2, 0) is 13.6 Å². The molecule has 0 heterocycles. The maximum Gasteiger partial charge on any atom is 0.472 e. The SMILES string of the molecule is Br.CCCCCOP(=O)(O)OCCCCC. The van der Waals surface area contributed by atoms with Crippen LogP contribution in [0.3, 0.4) is 0 Å². The van der Waals surface area contributed by atoms with Crippen LogP contribution in [0, 0.1) is 0 Å². The van der Waals surface area contributed by atoms with Gasteiger partial charge in [-0.25, -0.2) is 4.57 Å². The summed E-state index contributed by atoms with van der Waals surface area (Å²) in [5, 5.41) is 0. The van der Waals surface area contributed by atoms with E-state index >= 15 is 0 Å². The second kappa shape index (κ2) is 12.1. The lowest BCUT2D eigenvalue weighted by atomic mass is 10.3. The van der Waals surface area contributed by atoms with Gasteiger partial charge in [-0.1, -0.05) is 39.5 Å². The van der Waals surface area contributed by atoms with Crippen LogP contribution in [0.1, 0.15) is 52.4 Å². The van der Waals surface area contributed by atoms with Gasteiger partial charge in [0.25, 0.3) is 0 Å². The lowest BCUT2D eigenvalue weighted by Crippen LogP contribution is -1.98. The van der Waals surface area contributed by atoms with Gasteiger partial charge >= 0.3 is 7.82 Å². The summed E-state index contributed by atoms with van der Waals surface area (Å²) in [6.07, 6.45) is 5.76. The smallest absolute Gasteiger partial charge is 0.302 e. The molecular weight excluding hydrogens is 295 g/mol. The van der Waals surface area contributed by atoms with E-state index in [0.29, 0.717) is 13.2 Å². The molecule has 0 saturated heterocycles. The van der Waals surface area contributed by atoms with Crippen molar-refractivity contribution in [2.75, 3.05) is 13.2 Å². The van der Waals surface area contributed by atoms with E-state index in [9.17, 15) is 9.46 Å². The molecule has 0 amide bonds. The Morgan fingerprint density at radius 3 is 1.62 bits per heavy atom. The number of halogens is 1. The van der Waals surface area contributed by atoms with E-state index in [1.807, 2.05) is 0 Å². The molecule has 4 nitrogen and oxygen atoms in total. The molecule has 100 valence electrons. The molecule has 0 aromatic heterocycles. The summed E-state index contributed by atoms with van der Waals surface area (Å²) in [5.41, 5.74) is 0. The second-order valence-corrected chi connectivity index (χ2v) is 5.00. The van der Waals surface area contributed by atoms with Gasteiger partial charge in [0, 0.05) is 0 Å². The monoisotopic (exact) mass is 318 g/mol. The van der Waals surface area contributed by atoms with E-state index in [-0.39, 0.29) is 17.0 Å². The van der Waals surface area contributed by atoms with Gasteiger partial charge in [-0.2, -0.15) is 0 Å². The fraction of sp³-hybridized carbons (Fsp3) is 1.00. The first-order valence-corrected chi connectivity index (χ1v) is 7.23. The molecule has 0 saturated carbocycles. The minimum absolute atomic E-state index is 0. The summed E-state index contributed by atoms with van der Waals surface area (Å²) in [6.45, 7) is 4.74. The highest BCUT2D eigenvalue weighted by Gasteiger charge is 2.19. The van der Waals surface area contributed by atoms with Crippen molar-refractivity contribution in [3.05, 3.63) is 0 Å². The molecule has 0 fully saturated rings. The van der Waals surface area contributed by atoms with Crippen LogP contribution in [0.25, 0.3) is 0 Å². The standard InChI is InChI=1S/C10H23O4P.BrH/c1-3-5-7-9-13-15(11,12)14-10-8-6-4-2;/h3-10H2,1-2H3,(H,11,12);1H. The normalized spacial score (nSPS) is 11.2. The van der Waals surface area contributed by atoms with Crippen LogP contribution in [0.15, 0.2) is 0 Å². The maximum atomic E-state index is 11.3. The van der Waals surface area contributed by atoms with Crippen molar-refractivity contribution in [2.45, 2.75) is 52.4 Å². The van der Waals surface area contributed by atoms with Crippen molar-refractivity contribution in [3.63, 3.8) is 0 Å². The van der Waals surface area contributed by atoms with Gasteiger partial charge in [0.15, 0.2) is 0 Å². The lowest BCUT2D eigenvalue weighted by Gasteiger charge is -2.11. The minimum Gasteiger partial charge on any atom is -0.302 e. The third-order valence-corrected chi connectivity index (χ3v) is 3.02. The molecule has 0 spiro atoms. The molecule has 6 heteroatoms. The molecular formula is C10H24BrO4P. The van der Waals surface area contributed by atoms with Crippen molar-refractivity contribution < 1.29 is 18.5 Å². The first-order valence-electron chi connectivity index (χ1n) is 5.74. The van der Waals surface area contributed by atoms with Crippen LogP contribution >= 0.6 is 24.8 Å². The third-order valence-electron chi connectivity index (χ3n) is 2.00. The molecule has 0 rings (SSSR count). The number of unbranched alkanes of at least 4 members (excludes halogenated alkanes) is 4. The largest absolute Gasteiger partial charge is 0.472 e. The lowest BCUT2D eigenvalue weighted by molar-refractivity contribution is 0.145. The fourth-order valence-electron chi connectivity index (χ4n) is 1.10. The average Bonchev–Trinajstić information content (AvgIpc) is 2.20. The van der Waals surface area contributed by atoms with E-state index in [2.05, 4.69) is 13.8 Å². The van der Waals surface area contributed by atoms with Crippen molar-refractivity contribution in [1.29, 1.82) is 0 Å². The van der Waals surface area contributed by atoms with Crippen LogP contribution in [0.2, 0.25) is 0 Å². The van der Waals surface area contributed by atoms with Gasteiger partial charge in [0.2, 0.25) is 0 Å². The summed E-state index contributed by atoms with van der Waals surface area (Å²) in [6, 6.07) is 0. The highest BCUT2D eigenvalue weighted by Crippen LogP contribution is 2.43. The first-order chi connectivity index (χ1) is 7.12. The van der Waals surface area contributed by atoms with Gasteiger partial charge in [-0.05, 0) is 12.8 Å². The second-order valence-electron chi connectivity index (χ2n) is 3.55. The van der Waals surface area contributed by atoms with E-state index in [4.69, 9.17) is 9.05 Å². The maximum absolute atomic E-state index is 11.3. The average molecular weight is 319 g/mol. The minimum atomic E-state index is -3.77. The van der Waals surface area contributed by atoms with Gasteiger partial charge in [0.1, 0.15) is 0 Å². The molecule has 0 bridgehead atoms. The number of phosphoric acid groups is 1. The van der Waals surface area contributed by atoms with Crippen molar-refractivity contribution in [1.82, 2.24) is 0 Å². The number of phosphoric ester groups is 1. The van der Waals surface area contributed by atoms with Crippen molar-refractivity contribution in [3.8, 4) is 0 Å². The Bertz CT molecular complexity index is 174. The topological polar surface area (TPSA) is 55.8 Å². The first kappa shape index (κ1) is 18.9. The Labute approximate surface area is 109 Å². The predicted octanol–water partition coefficient (Wildman–Crippen LogP) is 4.08. The van der Waals surface area contributed by atoms with Gasteiger partial charge in [-0.3, -0.25) is 9.05 Å². The summed E-state index contributed by atoms with van der Waals surface area (Å²) in [7, 11) is -3.77. The molecule has 0 aliphatic carbocycles. The zero-order chi connectivity index (χ0) is 11.6. The number of hydrogen-bond donors (Lipinski definition) is 1. The predicted molar refractivity (Wildman–Crippen MR) is 71.1 cm³/mol. The molecule has 0 aliphatic rings. The molecule has 0 unspecified atom stereocenters. The van der Waals surface area contributed by atoms with Gasteiger partial charge < -0.3 is 4.89 Å². The Morgan fingerprint density at radius 2 is 1.31 bits per heavy atom. The Hall–Kier alpha value is 0.590. The van der Waals surface area contributed by atoms with Crippen molar-refractivity contribution in [2.24, 2.45) is 0 Å². The summed E-state index contributed by atoms with van der Waals surface area (Å²) < 4.78 is 20.9. The van der Waals surface area contributed by atoms with Crippen molar-refractivity contribution >= 4 is 24.8 Å². The molecule has 1 N–H and O–H groups in total.